The first-order chi connectivity index (χ1) is 5.98. The molecule has 0 aromatic carbocycles. The molecule has 0 radical (unpaired) electrons. The molecule has 13 heavy (non-hydrogen) atoms. The molecule has 0 saturated heterocycles. The number of hydrogen-bond donors (Lipinski definition) is 0. The molecule has 0 N–H and O–H groups in total. The van der Waals surface area contributed by atoms with Crippen LogP contribution in [0.3, 0.4) is 0 Å². The van der Waals surface area contributed by atoms with Crippen LogP contribution in [0.2, 0.25) is 0 Å². The SMILES string of the molecule is CCCCCCC(C)(C)CC(=O)[O-]. The van der Waals surface area contributed by atoms with Gasteiger partial charge < -0.3 is 9.90 Å². The Morgan fingerprint density at radius 3 is 2.31 bits per heavy atom. The van der Waals surface area contributed by atoms with Gasteiger partial charge in [0.25, 0.3) is 0 Å². The summed E-state index contributed by atoms with van der Waals surface area (Å²) >= 11 is 0. The molecule has 2 nitrogen and oxygen atoms in total. The predicted octanol–water partition coefficient (Wildman–Crippen LogP) is 2.12. The van der Waals surface area contributed by atoms with Gasteiger partial charge in [0.15, 0.2) is 0 Å². The van der Waals surface area contributed by atoms with Gasteiger partial charge in [-0.2, -0.15) is 0 Å². The third kappa shape index (κ3) is 7.82. The number of carboxylic acids is 1. The van der Waals surface area contributed by atoms with Crippen LogP contribution in [0, 0.1) is 5.41 Å². The van der Waals surface area contributed by atoms with Crippen molar-refractivity contribution in [3.63, 3.8) is 0 Å². The Balaban J connectivity index is 3.56. The molecule has 0 bridgehead atoms. The average Bonchev–Trinajstić information content (AvgIpc) is 1.95. The van der Waals surface area contributed by atoms with Gasteiger partial charge >= 0.3 is 0 Å². The second-order valence-electron chi connectivity index (χ2n) is 4.52. The van der Waals surface area contributed by atoms with Crippen LogP contribution in [0.5, 0.6) is 0 Å². The minimum atomic E-state index is -0.930. The van der Waals surface area contributed by atoms with Crippen LogP contribution in [0.15, 0.2) is 0 Å². The second kappa shape index (κ2) is 6.01. The molecule has 0 heterocycles. The molecule has 0 aliphatic rings. The molecule has 0 spiro atoms. The van der Waals surface area contributed by atoms with Crippen molar-refractivity contribution in [2.75, 3.05) is 0 Å². The zero-order chi connectivity index (χ0) is 10.3. The van der Waals surface area contributed by atoms with Crippen molar-refractivity contribution in [1.29, 1.82) is 0 Å². The van der Waals surface area contributed by atoms with Gasteiger partial charge in [-0.3, -0.25) is 0 Å². The lowest BCUT2D eigenvalue weighted by atomic mass is 9.84. The minimum Gasteiger partial charge on any atom is -0.550 e. The van der Waals surface area contributed by atoms with E-state index in [0.717, 1.165) is 12.8 Å². The van der Waals surface area contributed by atoms with Crippen LogP contribution < -0.4 is 5.11 Å². The predicted molar refractivity (Wildman–Crippen MR) is 52.2 cm³/mol. The largest absolute Gasteiger partial charge is 0.550 e. The standard InChI is InChI=1S/C11H22O2/c1-4-5-6-7-8-11(2,3)9-10(12)13/h4-9H2,1-3H3,(H,12,13)/p-1. The molecule has 0 aliphatic carbocycles. The summed E-state index contributed by atoms with van der Waals surface area (Å²) in [6.07, 6.45) is 5.99. The monoisotopic (exact) mass is 185 g/mol. The third-order valence-corrected chi connectivity index (χ3v) is 2.33. The maximum absolute atomic E-state index is 10.4. The Hall–Kier alpha value is -0.530. The Labute approximate surface area is 81.3 Å². The van der Waals surface area contributed by atoms with E-state index in [9.17, 15) is 9.90 Å². The summed E-state index contributed by atoms with van der Waals surface area (Å²) in [5, 5.41) is 10.4. The second-order valence-corrected chi connectivity index (χ2v) is 4.52. The van der Waals surface area contributed by atoms with Gasteiger partial charge in [-0.05, 0) is 18.3 Å². The van der Waals surface area contributed by atoms with E-state index in [1.807, 2.05) is 13.8 Å². The molecule has 0 amide bonds. The topological polar surface area (TPSA) is 40.1 Å². The first kappa shape index (κ1) is 12.5. The fourth-order valence-electron chi connectivity index (χ4n) is 1.51. The van der Waals surface area contributed by atoms with Crippen molar-refractivity contribution in [3.05, 3.63) is 0 Å². The van der Waals surface area contributed by atoms with E-state index >= 15 is 0 Å². The van der Waals surface area contributed by atoms with E-state index < -0.39 is 5.97 Å². The number of carboxylic acid groups (broad SMARTS) is 1. The molecule has 0 rings (SSSR count). The van der Waals surface area contributed by atoms with Crippen molar-refractivity contribution in [3.8, 4) is 0 Å². The summed E-state index contributed by atoms with van der Waals surface area (Å²) in [5.41, 5.74) is -0.0907. The lowest BCUT2D eigenvalue weighted by Crippen LogP contribution is -2.29. The summed E-state index contributed by atoms with van der Waals surface area (Å²) < 4.78 is 0. The molecule has 2 heteroatoms. The highest BCUT2D eigenvalue weighted by molar-refractivity contribution is 5.65. The van der Waals surface area contributed by atoms with Crippen molar-refractivity contribution >= 4 is 5.97 Å². The van der Waals surface area contributed by atoms with E-state index in [4.69, 9.17) is 0 Å². The van der Waals surface area contributed by atoms with Gasteiger partial charge in [-0.1, -0.05) is 46.5 Å². The highest BCUT2D eigenvalue weighted by Gasteiger charge is 2.16. The summed E-state index contributed by atoms with van der Waals surface area (Å²) in [6.45, 7) is 6.16. The Bertz CT molecular complexity index is 150. The molecule has 0 saturated carbocycles. The van der Waals surface area contributed by atoms with Crippen LogP contribution in [0.25, 0.3) is 0 Å². The third-order valence-electron chi connectivity index (χ3n) is 2.33. The highest BCUT2D eigenvalue weighted by atomic mass is 16.4. The summed E-state index contributed by atoms with van der Waals surface area (Å²) in [6, 6.07) is 0. The van der Waals surface area contributed by atoms with Crippen LogP contribution in [0.4, 0.5) is 0 Å². The number of unbranched alkanes of at least 4 members (excludes halogenated alkanes) is 3. The van der Waals surface area contributed by atoms with Gasteiger partial charge in [-0.25, -0.2) is 0 Å². The van der Waals surface area contributed by atoms with Crippen molar-refractivity contribution in [1.82, 2.24) is 0 Å². The summed E-state index contributed by atoms with van der Waals surface area (Å²) in [4.78, 5) is 10.4. The smallest absolute Gasteiger partial charge is 0.0419 e. The zero-order valence-corrected chi connectivity index (χ0v) is 9.06. The molecule has 0 aromatic rings. The number of hydrogen-bond acceptors (Lipinski definition) is 2. The summed E-state index contributed by atoms with van der Waals surface area (Å²) in [7, 11) is 0. The Kier molecular flexibility index (Phi) is 5.76. The van der Waals surface area contributed by atoms with E-state index in [0.29, 0.717) is 0 Å². The molecule has 0 atom stereocenters. The first-order valence-electron chi connectivity index (χ1n) is 5.18. The molecule has 0 unspecified atom stereocenters. The molecule has 78 valence electrons. The van der Waals surface area contributed by atoms with Crippen molar-refractivity contribution in [2.24, 2.45) is 5.41 Å². The van der Waals surface area contributed by atoms with Gasteiger partial charge in [0.1, 0.15) is 0 Å². The lowest BCUT2D eigenvalue weighted by molar-refractivity contribution is -0.307. The Morgan fingerprint density at radius 2 is 1.85 bits per heavy atom. The van der Waals surface area contributed by atoms with Crippen LogP contribution in [-0.2, 0) is 4.79 Å². The van der Waals surface area contributed by atoms with Gasteiger partial charge in [0.2, 0.25) is 0 Å². The first-order valence-corrected chi connectivity index (χ1v) is 5.18. The number of aliphatic carboxylic acids is 1. The molecule has 0 fully saturated rings. The molecule has 0 aromatic heterocycles. The fourth-order valence-corrected chi connectivity index (χ4v) is 1.51. The van der Waals surface area contributed by atoms with Crippen LogP contribution in [-0.4, -0.2) is 5.97 Å². The maximum atomic E-state index is 10.4. The number of carbonyl (C=O) groups excluding carboxylic acids is 1. The Morgan fingerprint density at radius 1 is 1.23 bits per heavy atom. The molecular weight excluding hydrogens is 164 g/mol. The molecule has 0 aliphatic heterocycles. The maximum Gasteiger partial charge on any atom is 0.0419 e. The molecular formula is C11H21O2-. The average molecular weight is 185 g/mol. The highest BCUT2D eigenvalue weighted by Crippen LogP contribution is 2.27. The number of rotatable bonds is 7. The zero-order valence-electron chi connectivity index (χ0n) is 9.06. The summed E-state index contributed by atoms with van der Waals surface area (Å²) in [5.74, 6) is -0.930. The van der Waals surface area contributed by atoms with E-state index in [-0.39, 0.29) is 11.8 Å². The van der Waals surface area contributed by atoms with E-state index in [2.05, 4.69) is 6.92 Å². The van der Waals surface area contributed by atoms with Crippen molar-refractivity contribution < 1.29 is 9.90 Å². The normalized spacial score (nSPS) is 11.6. The quantitative estimate of drug-likeness (QED) is 0.570. The lowest BCUT2D eigenvalue weighted by Gasteiger charge is -2.24. The van der Waals surface area contributed by atoms with Crippen molar-refractivity contribution in [2.45, 2.75) is 59.3 Å². The van der Waals surface area contributed by atoms with Crippen LogP contribution >= 0.6 is 0 Å². The van der Waals surface area contributed by atoms with Gasteiger partial charge in [-0.15, -0.1) is 0 Å². The van der Waals surface area contributed by atoms with E-state index in [1.54, 1.807) is 0 Å². The number of carbonyl (C=O) groups is 1. The van der Waals surface area contributed by atoms with E-state index in [1.165, 1.54) is 19.3 Å². The van der Waals surface area contributed by atoms with Crippen LogP contribution in [0.1, 0.15) is 59.3 Å². The van der Waals surface area contributed by atoms with Gasteiger partial charge in [0, 0.05) is 5.97 Å². The minimum absolute atomic E-state index is 0.0907. The van der Waals surface area contributed by atoms with Gasteiger partial charge in [0.05, 0.1) is 0 Å². The fraction of sp³-hybridized carbons (Fsp3) is 0.909.